The number of hydrogen-bond acceptors (Lipinski definition) is 2. The van der Waals surface area contributed by atoms with Gasteiger partial charge in [-0.2, -0.15) is 0 Å². The summed E-state index contributed by atoms with van der Waals surface area (Å²) in [6.07, 6.45) is 5.76. The fourth-order valence-electron chi connectivity index (χ4n) is 1.18. The quantitative estimate of drug-likeness (QED) is 0.757. The Morgan fingerprint density at radius 1 is 1.57 bits per heavy atom. The van der Waals surface area contributed by atoms with Gasteiger partial charge in [-0.15, -0.1) is 11.3 Å². The van der Waals surface area contributed by atoms with E-state index in [0.717, 1.165) is 17.7 Å². The summed E-state index contributed by atoms with van der Waals surface area (Å²) in [5.74, 6) is 0.0264. The Morgan fingerprint density at radius 3 is 2.93 bits per heavy atom. The number of rotatable bonds is 3. The Kier molecular flexibility index (Phi) is 2.68. The highest BCUT2D eigenvalue weighted by Crippen LogP contribution is 2.19. The molecular formula is C11H13NOS. The zero-order chi connectivity index (χ0) is 9.97. The van der Waals surface area contributed by atoms with Gasteiger partial charge in [-0.1, -0.05) is 0 Å². The first-order valence-electron chi connectivity index (χ1n) is 4.79. The maximum absolute atomic E-state index is 11.3. The van der Waals surface area contributed by atoms with Crippen LogP contribution in [0.15, 0.2) is 18.2 Å². The van der Waals surface area contributed by atoms with Gasteiger partial charge in [0, 0.05) is 21.9 Å². The Hall–Kier alpha value is -1.09. The fourth-order valence-corrected chi connectivity index (χ4v) is 1.96. The van der Waals surface area contributed by atoms with Crippen molar-refractivity contribution in [1.29, 1.82) is 0 Å². The molecule has 0 spiro atoms. The molecule has 1 fully saturated rings. The molecule has 0 saturated heterocycles. The monoisotopic (exact) mass is 207 g/mol. The first-order valence-corrected chi connectivity index (χ1v) is 5.61. The van der Waals surface area contributed by atoms with Crippen LogP contribution in [0.3, 0.4) is 0 Å². The van der Waals surface area contributed by atoms with Gasteiger partial charge in [0.1, 0.15) is 0 Å². The normalized spacial score (nSPS) is 16.1. The van der Waals surface area contributed by atoms with Crippen molar-refractivity contribution in [2.24, 2.45) is 0 Å². The van der Waals surface area contributed by atoms with Crippen molar-refractivity contribution < 1.29 is 4.79 Å². The molecule has 1 N–H and O–H groups in total. The van der Waals surface area contributed by atoms with Gasteiger partial charge in [-0.05, 0) is 38.0 Å². The van der Waals surface area contributed by atoms with Crippen LogP contribution in [0.4, 0.5) is 0 Å². The fraction of sp³-hybridized carbons (Fsp3) is 0.364. The predicted octanol–water partition coefficient (Wildman–Crippen LogP) is 2.35. The van der Waals surface area contributed by atoms with E-state index in [1.807, 2.05) is 12.1 Å². The maximum Gasteiger partial charge on any atom is 0.244 e. The van der Waals surface area contributed by atoms with Crippen LogP contribution in [0.2, 0.25) is 0 Å². The van der Waals surface area contributed by atoms with Crippen LogP contribution in [0.5, 0.6) is 0 Å². The van der Waals surface area contributed by atoms with Crippen LogP contribution in [-0.4, -0.2) is 11.9 Å². The van der Waals surface area contributed by atoms with E-state index in [-0.39, 0.29) is 5.91 Å². The van der Waals surface area contributed by atoms with E-state index in [4.69, 9.17) is 0 Å². The first-order chi connectivity index (χ1) is 6.74. The lowest BCUT2D eigenvalue weighted by molar-refractivity contribution is -0.116. The van der Waals surface area contributed by atoms with E-state index in [1.54, 1.807) is 17.4 Å². The maximum atomic E-state index is 11.3. The number of hydrogen-bond donors (Lipinski definition) is 1. The summed E-state index contributed by atoms with van der Waals surface area (Å²) < 4.78 is 0. The van der Waals surface area contributed by atoms with E-state index >= 15 is 0 Å². The smallest absolute Gasteiger partial charge is 0.244 e. The molecule has 3 heteroatoms. The lowest BCUT2D eigenvalue weighted by Gasteiger charge is -1.95. The Labute approximate surface area is 87.6 Å². The minimum absolute atomic E-state index is 0.0264. The lowest BCUT2D eigenvalue weighted by atomic mass is 10.4. The number of carbonyl (C=O) groups excluding carboxylic acids is 1. The van der Waals surface area contributed by atoms with Gasteiger partial charge in [-0.3, -0.25) is 4.79 Å². The predicted molar refractivity (Wildman–Crippen MR) is 59.3 cm³/mol. The minimum atomic E-state index is 0.0264. The number of thiophene rings is 1. The summed E-state index contributed by atoms with van der Waals surface area (Å²) in [5.41, 5.74) is 0. The Bertz CT molecular complexity index is 363. The van der Waals surface area contributed by atoms with Crippen molar-refractivity contribution >= 4 is 23.3 Å². The van der Waals surface area contributed by atoms with Crippen LogP contribution in [0.1, 0.15) is 22.6 Å². The standard InChI is InChI=1S/C11H13NOS/c1-8-2-5-10(14-8)6-7-11(13)12-9-3-4-9/h2,5-7,9H,3-4H2,1H3,(H,12,13)/b7-6+. The lowest BCUT2D eigenvalue weighted by Crippen LogP contribution is -2.22. The van der Waals surface area contributed by atoms with Crippen molar-refractivity contribution in [2.45, 2.75) is 25.8 Å². The molecule has 0 bridgehead atoms. The number of aryl methyl sites for hydroxylation is 1. The van der Waals surface area contributed by atoms with Gasteiger partial charge in [0.05, 0.1) is 0 Å². The summed E-state index contributed by atoms with van der Waals surface area (Å²) >= 11 is 1.70. The van der Waals surface area contributed by atoms with Crippen LogP contribution < -0.4 is 5.32 Å². The third-order valence-electron chi connectivity index (χ3n) is 2.08. The van der Waals surface area contributed by atoms with E-state index in [9.17, 15) is 4.79 Å². The molecule has 0 aliphatic heterocycles. The van der Waals surface area contributed by atoms with Crippen molar-refractivity contribution in [1.82, 2.24) is 5.32 Å². The zero-order valence-corrected chi connectivity index (χ0v) is 8.93. The molecule has 2 rings (SSSR count). The average Bonchev–Trinajstić information content (AvgIpc) is 2.85. The number of nitrogens with one attached hydrogen (secondary N) is 1. The highest BCUT2D eigenvalue weighted by molar-refractivity contribution is 7.12. The molecular weight excluding hydrogens is 194 g/mol. The third-order valence-corrected chi connectivity index (χ3v) is 3.05. The second-order valence-corrected chi connectivity index (χ2v) is 4.88. The van der Waals surface area contributed by atoms with Gasteiger partial charge in [0.2, 0.25) is 5.91 Å². The molecule has 0 aromatic carbocycles. The second kappa shape index (κ2) is 3.96. The number of carbonyl (C=O) groups is 1. The summed E-state index contributed by atoms with van der Waals surface area (Å²) in [4.78, 5) is 13.7. The second-order valence-electron chi connectivity index (χ2n) is 3.56. The molecule has 1 aliphatic carbocycles. The largest absolute Gasteiger partial charge is 0.350 e. The van der Waals surface area contributed by atoms with E-state index in [2.05, 4.69) is 18.3 Å². The van der Waals surface area contributed by atoms with Crippen LogP contribution in [-0.2, 0) is 4.79 Å². The van der Waals surface area contributed by atoms with Gasteiger partial charge in [0.25, 0.3) is 0 Å². The molecule has 0 radical (unpaired) electrons. The Morgan fingerprint density at radius 2 is 2.36 bits per heavy atom. The van der Waals surface area contributed by atoms with E-state index < -0.39 is 0 Å². The number of amides is 1. The molecule has 0 atom stereocenters. The van der Waals surface area contributed by atoms with Crippen molar-refractivity contribution in [3.8, 4) is 0 Å². The van der Waals surface area contributed by atoms with Crippen LogP contribution in [0, 0.1) is 6.92 Å². The van der Waals surface area contributed by atoms with Gasteiger partial charge in [-0.25, -0.2) is 0 Å². The minimum Gasteiger partial charge on any atom is -0.350 e. The van der Waals surface area contributed by atoms with Crippen LogP contribution >= 0.6 is 11.3 Å². The molecule has 74 valence electrons. The van der Waals surface area contributed by atoms with Crippen molar-refractivity contribution in [3.63, 3.8) is 0 Å². The molecule has 1 aliphatic rings. The SMILES string of the molecule is Cc1ccc(/C=C/C(=O)NC2CC2)s1. The van der Waals surface area contributed by atoms with Crippen molar-refractivity contribution in [2.75, 3.05) is 0 Å². The summed E-state index contributed by atoms with van der Waals surface area (Å²) in [7, 11) is 0. The van der Waals surface area contributed by atoms with E-state index in [1.165, 1.54) is 4.88 Å². The zero-order valence-electron chi connectivity index (χ0n) is 8.12. The molecule has 1 heterocycles. The van der Waals surface area contributed by atoms with E-state index in [0.29, 0.717) is 6.04 Å². The molecule has 1 aromatic heterocycles. The summed E-state index contributed by atoms with van der Waals surface area (Å²) in [6.45, 7) is 2.06. The highest BCUT2D eigenvalue weighted by atomic mass is 32.1. The molecule has 1 saturated carbocycles. The molecule has 1 aromatic rings. The molecule has 0 unspecified atom stereocenters. The van der Waals surface area contributed by atoms with Gasteiger partial charge < -0.3 is 5.32 Å². The summed E-state index contributed by atoms with van der Waals surface area (Å²) in [5, 5.41) is 2.91. The topological polar surface area (TPSA) is 29.1 Å². The van der Waals surface area contributed by atoms with Crippen molar-refractivity contribution in [3.05, 3.63) is 28.0 Å². The Balaban J connectivity index is 1.88. The average molecular weight is 207 g/mol. The van der Waals surface area contributed by atoms with Crippen LogP contribution in [0.25, 0.3) is 6.08 Å². The highest BCUT2D eigenvalue weighted by Gasteiger charge is 2.21. The first kappa shape index (κ1) is 9.46. The molecule has 1 amide bonds. The molecule has 2 nitrogen and oxygen atoms in total. The van der Waals surface area contributed by atoms with Gasteiger partial charge >= 0.3 is 0 Å². The molecule has 14 heavy (non-hydrogen) atoms. The summed E-state index contributed by atoms with van der Waals surface area (Å²) in [6, 6.07) is 4.53. The third kappa shape index (κ3) is 2.70. The van der Waals surface area contributed by atoms with Gasteiger partial charge in [0.15, 0.2) is 0 Å².